The number of benzene rings is 1. The molecule has 1 aromatic carbocycles. The maximum absolute atomic E-state index is 11.8. The summed E-state index contributed by atoms with van der Waals surface area (Å²) >= 11 is 0. The molecule has 1 amide bonds. The molecular formula is C14H15NO2. The molecule has 2 rings (SSSR count). The molecule has 0 aromatic heterocycles. The normalized spacial score (nSPS) is 15.2. The Morgan fingerprint density at radius 1 is 1.29 bits per heavy atom. The summed E-state index contributed by atoms with van der Waals surface area (Å²) in [5.41, 5.74) is 2.73. The van der Waals surface area contributed by atoms with E-state index in [1.807, 2.05) is 30.3 Å². The molecular weight excluding hydrogens is 214 g/mol. The number of rotatable bonds is 2. The van der Waals surface area contributed by atoms with Crippen molar-refractivity contribution in [2.45, 2.75) is 13.0 Å². The van der Waals surface area contributed by atoms with E-state index < -0.39 is 0 Å². The lowest BCUT2D eigenvalue weighted by molar-refractivity contribution is 0.112. The molecule has 0 unspecified atom stereocenters. The minimum absolute atomic E-state index is 0.288. The third kappa shape index (κ3) is 2.75. The van der Waals surface area contributed by atoms with Crippen LogP contribution in [0.3, 0.4) is 0 Å². The fraction of sp³-hybridized carbons (Fsp3) is 0.214. The third-order valence-electron chi connectivity index (χ3n) is 2.64. The van der Waals surface area contributed by atoms with Crippen molar-refractivity contribution < 1.29 is 9.53 Å². The summed E-state index contributed by atoms with van der Waals surface area (Å²) < 4.78 is 5.22. The van der Waals surface area contributed by atoms with Gasteiger partial charge < -0.3 is 4.74 Å². The zero-order valence-corrected chi connectivity index (χ0v) is 9.69. The largest absolute Gasteiger partial charge is 0.444 e. The molecule has 3 nitrogen and oxygen atoms in total. The fourth-order valence-electron chi connectivity index (χ4n) is 1.77. The van der Waals surface area contributed by atoms with Gasteiger partial charge in [0.25, 0.3) is 0 Å². The summed E-state index contributed by atoms with van der Waals surface area (Å²) in [7, 11) is 0. The van der Waals surface area contributed by atoms with Crippen molar-refractivity contribution in [1.82, 2.24) is 4.90 Å². The SMILES string of the molecule is C=C1CC(=C)N(C(=O)OCc2ccccc2)C1. The van der Waals surface area contributed by atoms with E-state index in [1.54, 1.807) is 0 Å². The van der Waals surface area contributed by atoms with Crippen molar-refractivity contribution >= 4 is 6.09 Å². The van der Waals surface area contributed by atoms with Gasteiger partial charge in [-0.1, -0.05) is 49.1 Å². The maximum Gasteiger partial charge on any atom is 0.414 e. The summed E-state index contributed by atoms with van der Waals surface area (Å²) in [4.78, 5) is 13.3. The van der Waals surface area contributed by atoms with E-state index in [1.165, 1.54) is 4.90 Å². The Morgan fingerprint density at radius 2 is 2.00 bits per heavy atom. The summed E-state index contributed by atoms with van der Waals surface area (Å²) in [5, 5.41) is 0. The minimum Gasteiger partial charge on any atom is -0.444 e. The third-order valence-corrected chi connectivity index (χ3v) is 2.64. The van der Waals surface area contributed by atoms with Gasteiger partial charge in [0.15, 0.2) is 0 Å². The predicted molar refractivity (Wildman–Crippen MR) is 66.2 cm³/mol. The van der Waals surface area contributed by atoms with Crippen molar-refractivity contribution in [2.75, 3.05) is 6.54 Å². The van der Waals surface area contributed by atoms with Crippen molar-refractivity contribution in [3.8, 4) is 0 Å². The monoisotopic (exact) mass is 229 g/mol. The zero-order valence-electron chi connectivity index (χ0n) is 9.69. The minimum atomic E-state index is -0.350. The molecule has 88 valence electrons. The van der Waals surface area contributed by atoms with Crippen LogP contribution in [-0.2, 0) is 11.3 Å². The molecule has 0 spiro atoms. The van der Waals surface area contributed by atoms with E-state index in [9.17, 15) is 4.79 Å². The van der Waals surface area contributed by atoms with Crippen LogP contribution < -0.4 is 0 Å². The first kappa shape index (κ1) is 11.5. The highest BCUT2D eigenvalue weighted by Gasteiger charge is 2.25. The Bertz CT molecular complexity index is 451. The first-order chi connectivity index (χ1) is 8.16. The highest BCUT2D eigenvalue weighted by Crippen LogP contribution is 2.23. The number of amides is 1. The molecule has 0 radical (unpaired) electrons. The zero-order chi connectivity index (χ0) is 12.3. The van der Waals surface area contributed by atoms with E-state index in [0.717, 1.165) is 16.8 Å². The second-order valence-corrected chi connectivity index (χ2v) is 4.12. The van der Waals surface area contributed by atoms with Crippen molar-refractivity contribution in [1.29, 1.82) is 0 Å². The van der Waals surface area contributed by atoms with Gasteiger partial charge in [-0.3, -0.25) is 4.90 Å². The average Bonchev–Trinajstić information content (AvgIpc) is 2.67. The second kappa shape index (κ2) is 4.87. The van der Waals surface area contributed by atoms with Gasteiger partial charge in [0.05, 0.1) is 0 Å². The molecule has 0 aliphatic carbocycles. The molecule has 3 heteroatoms. The standard InChI is InChI=1S/C14H15NO2/c1-11-8-12(2)15(9-11)14(16)17-10-13-6-4-3-5-7-13/h3-7H,1-2,8-10H2. The van der Waals surface area contributed by atoms with Gasteiger partial charge in [0, 0.05) is 18.7 Å². The van der Waals surface area contributed by atoms with Crippen LogP contribution in [0, 0.1) is 0 Å². The number of carbonyl (C=O) groups excluding carboxylic acids is 1. The van der Waals surface area contributed by atoms with Gasteiger partial charge in [-0.25, -0.2) is 4.79 Å². The molecule has 0 N–H and O–H groups in total. The summed E-state index contributed by atoms with van der Waals surface area (Å²) in [5.74, 6) is 0. The lowest BCUT2D eigenvalue weighted by Gasteiger charge is -2.16. The van der Waals surface area contributed by atoms with Crippen LogP contribution in [0.1, 0.15) is 12.0 Å². The summed E-state index contributed by atoms with van der Waals surface area (Å²) in [6.45, 7) is 8.48. The van der Waals surface area contributed by atoms with Crippen LogP contribution >= 0.6 is 0 Å². The summed E-state index contributed by atoms with van der Waals surface area (Å²) in [6, 6.07) is 9.60. The smallest absolute Gasteiger partial charge is 0.414 e. The van der Waals surface area contributed by atoms with Crippen molar-refractivity contribution in [3.05, 3.63) is 60.3 Å². The predicted octanol–water partition coefficient (Wildman–Crippen LogP) is 3.10. The van der Waals surface area contributed by atoms with Crippen molar-refractivity contribution in [2.24, 2.45) is 0 Å². The Labute approximate surface area is 101 Å². The van der Waals surface area contributed by atoms with Crippen LogP contribution in [0.25, 0.3) is 0 Å². The first-order valence-corrected chi connectivity index (χ1v) is 5.49. The van der Waals surface area contributed by atoms with Gasteiger partial charge in [-0.2, -0.15) is 0 Å². The number of nitrogens with zero attached hydrogens (tertiary/aromatic N) is 1. The van der Waals surface area contributed by atoms with Gasteiger partial charge in [0.2, 0.25) is 0 Å². The lowest BCUT2D eigenvalue weighted by atomic mass is 10.2. The number of ether oxygens (including phenoxy) is 1. The Kier molecular flexibility index (Phi) is 3.28. The lowest BCUT2D eigenvalue weighted by Crippen LogP contribution is -2.26. The molecule has 1 saturated heterocycles. The molecule has 0 atom stereocenters. The van der Waals surface area contributed by atoms with E-state index in [4.69, 9.17) is 4.74 Å². The van der Waals surface area contributed by atoms with E-state index in [-0.39, 0.29) is 12.7 Å². The Hall–Kier alpha value is -2.03. The molecule has 0 bridgehead atoms. The molecule has 1 aromatic rings. The number of allylic oxidation sites excluding steroid dienone is 1. The topological polar surface area (TPSA) is 29.5 Å². The van der Waals surface area contributed by atoms with Gasteiger partial charge in [0.1, 0.15) is 6.61 Å². The van der Waals surface area contributed by atoms with Crippen LogP contribution in [0.15, 0.2) is 54.8 Å². The molecule has 17 heavy (non-hydrogen) atoms. The Balaban J connectivity index is 1.90. The molecule has 0 saturated carbocycles. The Morgan fingerprint density at radius 3 is 2.59 bits per heavy atom. The number of hydrogen-bond acceptors (Lipinski definition) is 2. The highest BCUT2D eigenvalue weighted by atomic mass is 16.6. The van der Waals surface area contributed by atoms with Crippen LogP contribution in [0.4, 0.5) is 4.79 Å². The van der Waals surface area contributed by atoms with E-state index >= 15 is 0 Å². The van der Waals surface area contributed by atoms with E-state index in [0.29, 0.717) is 13.0 Å². The number of hydrogen-bond donors (Lipinski definition) is 0. The molecule has 1 heterocycles. The fourth-order valence-corrected chi connectivity index (χ4v) is 1.77. The maximum atomic E-state index is 11.8. The quantitative estimate of drug-likeness (QED) is 0.729. The molecule has 1 aliphatic heterocycles. The summed E-state index contributed by atoms with van der Waals surface area (Å²) in [6.07, 6.45) is 0.331. The van der Waals surface area contributed by atoms with Crippen LogP contribution in [-0.4, -0.2) is 17.5 Å². The van der Waals surface area contributed by atoms with Gasteiger partial charge in [-0.15, -0.1) is 0 Å². The van der Waals surface area contributed by atoms with Gasteiger partial charge >= 0.3 is 6.09 Å². The number of carbonyl (C=O) groups is 1. The molecule has 1 aliphatic rings. The van der Waals surface area contributed by atoms with Gasteiger partial charge in [-0.05, 0) is 5.56 Å². The van der Waals surface area contributed by atoms with Crippen LogP contribution in [0.5, 0.6) is 0 Å². The highest BCUT2D eigenvalue weighted by molar-refractivity contribution is 5.71. The first-order valence-electron chi connectivity index (χ1n) is 5.49. The average molecular weight is 229 g/mol. The second-order valence-electron chi connectivity index (χ2n) is 4.12. The van der Waals surface area contributed by atoms with Crippen LogP contribution in [0.2, 0.25) is 0 Å². The molecule has 1 fully saturated rings. The van der Waals surface area contributed by atoms with E-state index in [2.05, 4.69) is 13.2 Å². The number of likely N-dealkylation sites (tertiary alicyclic amines) is 1. The van der Waals surface area contributed by atoms with Crippen molar-refractivity contribution in [3.63, 3.8) is 0 Å².